The zero-order valence-electron chi connectivity index (χ0n) is 10.7. The van der Waals surface area contributed by atoms with E-state index in [0.29, 0.717) is 0 Å². The van der Waals surface area contributed by atoms with E-state index < -0.39 is 0 Å². The monoisotopic (exact) mass is 249 g/mol. The summed E-state index contributed by atoms with van der Waals surface area (Å²) in [4.78, 5) is 4.36. The molecule has 0 radical (unpaired) electrons. The summed E-state index contributed by atoms with van der Waals surface area (Å²) < 4.78 is 0. The van der Waals surface area contributed by atoms with Crippen LogP contribution in [-0.2, 0) is 0 Å². The quantitative estimate of drug-likeness (QED) is 0.678. The summed E-state index contributed by atoms with van der Waals surface area (Å²) in [5, 5.41) is 4.56. The molecular formula is C16H15N3. The lowest BCUT2D eigenvalue weighted by Crippen LogP contribution is -1.95. The fraction of sp³-hybridized carbons (Fsp3) is 0.0625. The van der Waals surface area contributed by atoms with Crippen molar-refractivity contribution in [1.29, 1.82) is 0 Å². The van der Waals surface area contributed by atoms with E-state index in [1.54, 1.807) is 6.20 Å². The van der Waals surface area contributed by atoms with Gasteiger partial charge in [-0.3, -0.25) is 4.98 Å². The number of nitrogens with one attached hydrogen (secondary N) is 1. The van der Waals surface area contributed by atoms with Crippen molar-refractivity contribution in [2.45, 2.75) is 6.92 Å². The Morgan fingerprint density at radius 1 is 1.00 bits per heavy atom. The van der Waals surface area contributed by atoms with Crippen LogP contribution in [0.2, 0.25) is 0 Å². The first kappa shape index (κ1) is 11.5. The molecule has 0 aliphatic carbocycles. The van der Waals surface area contributed by atoms with E-state index >= 15 is 0 Å². The molecule has 0 unspecified atom stereocenters. The summed E-state index contributed by atoms with van der Waals surface area (Å²) in [6.45, 7) is 2.04. The third-order valence-electron chi connectivity index (χ3n) is 3.17. The third-order valence-corrected chi connectivity index (χ3v) is 3.17. The number of aryl methyl sites for hydroxylation is 1. The van der Waals surface area contributed by atoms with Gasteiger partial charge < -0.3 is 11.1 Å². The SMILES string of the molecule is Cc1cc(N)ccc1Nc1cccc2ncccc12. The third kappa shape index (κ3) is 2.22. The highest BCUT2D eigenvalue weighted by Gasteiger charge is 2.03. The van der Waals surface area contributed by atoms with Gasteiger partial charge in [-0.15, -0.1) is 0 Å². The zero-order chi connectivity index (χ0) is 13.2. The molecule has 0 saturated heterocycles. The predicted molar refractivity (Wildman–Crippen MR) is 80.6 cm³/mol. The second-order valence-electron chi connectivity index (χ2n) is 4.58. The summed E-state index contributed by atoms with van der Waals surface area (Å²) in [6, 6.07) is 15.9. The number of nitrogens with zero attached hydrogens (tertiary/aromatic N) is 1. The van der Waals surface area contributed by atoms with Crippen molar-refractivity contribution >= 4 is 28.0 Å². The molecule has 3 nitrogen and oxygen atoms in total. The van der Waals surface area contributed by atoms with Crippen LogP contribution in [0.25, 0.3) is 10.9 Å². The minimum absolute atomic E-state index is 0.780. The van der Waals surface area contributed by atoms with E-state index in [2.05, 4.69) is 22.4 Å². The number of hydrogen-bond acceptors (Lipinski definition) is 3. The number of nitrogen functional groups attached to an aromatic ring is 1. The van der Waals surface area contributed by atoms with Crippen molar-refractivity contribution in [3.8, 4) is 0 Å². The lowest BCUT2D eigenvalue weighted by Gasteiger charge is -2.12. The van der Waals surface area contributed by atoms with Crippen LogP contribution in [0.1, 0.15) is 5.56 Å². The van der Waals surface area contributed by atoms with E-state index in [1.165, 1.54) is 0 Å². The molecule has 0 bridgehead atoms. The Morgan fingerprint density at radius 2 is 1.89 bits per heavy atom. The van der Waals surface area contributed by atoms with Gasteiger partial charge in [-0.2, -0.15) is 0 Å². The molecule has 0 aliphatic rings. The number of aromatic nitrogens is 1. The van der Waals surface area contributed by atoms with E-state index in [4.69, 9.17) is 5.73 Å². The number of nitrogens with two attached hydrogens (primary N) is 1. The normalized spacial score (nSPS) is 10.6. The van der Waals surface area contributed by atoms with Gasteiger partial charge in [-0.1, -0.05) is 6.07 Å². The second kappa shape index (κ2) is 4.61. The Labute approximate surface area is 112 Å². The molecule has 94 valence electrons. The van der Waals surface area contributed by atoms with Gasteiger partial charge in [0.2, 0.25) is 0 Å². The van der Waals surface area contributed by atoms with E-state index in [-0.39, 0.29) is 0 Å². The Morgan fingerprint density at radius 3 is 2.74 bits per heavy atom. The second-order valence-corrected chi connectivity index (χ2v) is 4.58. The number of fused-ring (bicyclic) bond motifs is 1. The summed E-state index contributed by atoms with van der Waals surface area (Å²) in [5.41, 5.74) is 10.8. The van der Waals surface area contributed by atoms with Gasteiger partial charge in [0.05, 0.1) is 5.52 Å². The van der Waals surface area contributed by atoms with Gasteiger partial charge in [0.1, 0.15) is 0 Å². The molecule has 3 N–H and O–H groups in total. The summed E-state index contributed by atoms with van der Waals surface area (Å²) in [6.07, 6.45) is 1.81. The zero-order valence-corrected chi connectivity index (χ0v) is 10.7. The van der Waals surface area contributed by atoms with Crippen molar-refractivity contribution in [2.24, 2.45) is 0 Å². The molecule has 0 fully saturated rings. The maximum absolute atomic E-state index is 5.77. The first-order valence-electron chi connectivity index (χ1n) is 6.21. The molecule has 0 aliphatic heterocycles. The van der Waals surface area contributed by atoms with Gasteiger partial charge in [0, 0.05) is 28.6 Å². The first-order valence-corrected chi connectivity index (χ1v) is 6.21. The number of anilines is 3. The van der Waals surface area contributed by atoms with Crippen LogP contribution in [0.5, 0.6) is 0 Å². The van der Waals surface area contributed by atoms with Crippen LogP contribution in [-0.4, -0.2) is 4.98 Å². The largest absolute Gasteiger partial charge is 0.399 e. The minimum Gasteiger partial charge on any atom is -0.399 e. The minimum atomic E-state index is 0.780. The molecule has 0 saturated carbocycles. The predicted octanol–water partition coefficient (Wildman–Crippen LogP) is 3.87. The molecule has 0 amide bonds. The average Bonchev–Trinajstić information content (AvgIpc) is 2.42. The first-order chi connectivity index (χ1) is 9.24. The molecule has 0 spiro atoms. The van der Waals surface area contributed by atoms with Crippen LogP contribution in [0, 0.1) is 6.92 Å². The molecule has 19 heavy (non-hydrogen) atoms. The topological polar surface area (TPSA) is 50.9 Å². The molecule has 2 aromatic carbocycles. The molecule has 1 heterocycles. The van der Waals surface area contributed by atoms with Crippen LogP contribution in [0.15, 0.2) is 54.7 Å². The maximum Gasteiger partial charge on any atom is 0.0722 e. The van der Waals surface area contributed by atoms with Gasteiger partial charge in [0.25, 0.3) is 0 Å². The molecule has 1 aromatic heterocycles. The van der Waals surface area contributed by atoms with E-state index in [1.807, 2.05) is 43.3 Å². The van der Waals surface area contributed by atoms with Crippen molar-refractivity contribution in [2.75, 3.05) is 11.1 Å². The van der Waals surface area contributed by atoms with Gasteiger partial charge in [0.15, 0.2) is 0 Å². The van der Waals surface area contributed by atoms with Crippen molar-refractivity contribution in [3.63, 3.8) is 0 Å². The summed E-state index contributed by atoms with van der Waals surface area (Å²) in [5.74, 6) is 0. The van der Waals surface area contributed by atoms with Crippen LogP contribution in [0.3, 0.4) is 0 Å². The van der Waals surface area contributed by atoms with E-state index in [0.717, 1.165) is 33.5 Å². The lowest BCUT2D eigenvalue weighted by atomic mass is 10.1. The highest BCUT2D eigenvalue weighted by atomic mass is 14.9. The van der Waals surface area contributed by atoms with Crippen molar-refractivity contribution in [3.05, 3.63) is 60.3 Å². The summed E-state index contributed by atoms with van der Waals surface area (Å²) in [7, 11) is 0. The Balaban J connectivity index is 2.06. The van der Waals surface area contributed by atoms with Gasteiger partial charge >= 0.3 is 0 Å². The molecule has 3 heteroatoms. The van der Waals surface area contributed by atoms with Crippen LogP contribution >= 0.6 is 0 Å². The highest BCUT2D eigenvalue weighted by Crippen LogP contribution is 2.27. The Hall–Kier alpha value is -2.55. The molecule has 3 aromatic rings. The Kier molecular flexibility index (Phi) is 2.80. The number of pyridine rings is 1. The van der Waals surface area contributed by atoms with Crippen molar-refractivity contribution < 1.29 is 0 Å². The fourth-order valence-electron chi connectivity index (χ4n) is 2.18. The number of benzene rings is 2. The average molecular weight is 249 g/mol. The van der Waals surface area contributed by atoms with Crippen LogP contribution in [0.4, 0.5) is 17.1 Å². The van der Waals surface area contributed by atoms with E-state index in [9.17, 15) is 0 Å². The molecular weight excluding hydrogens is 234 g/mol. The molecule has 0 atom stereocenters. The van der Waals surface area contributed by atoms with Crippen LogP contribution < -0.4 is 11.1 Å². The fourth-order valence-corrected chi connectivity index (χ4v) is 2.18. The smallest absolute Gasteiger partial charge is 0.0722 e. The standard InChI is InChI=1S/C16H15N3/c1-11-10-12(17)7-8-14(11)19-16-6-2-5-15-13(16)4-3-9-18-15/h2-10,19H,17H2,1H3. The highest BCUT2D eigenvalue weighted by molar-refractivity contribution is 5.93. The summed E-state index contributed by atoms with van der Waals surface area (Å²) >= 11 is 0. The lowest BCUT2D eigenvalue weighted by molar-refractivity contribution is 1.40. The van der Waals surface area contributed by atoms with Gasteiger partial charge in [-0.05, 0) is 55.0 Å². The Bertz CT molecular complexity index is 730. The molecule has 3 rings (SSSR count). The number of rotatable bonds is 2. The number of hydrogen-bond donors (Lipinski definition) is 2. The van der Waals surface area contributed by atoms with Crippen molar-refractivity contribution in [1.82, 2.24) is 4.98 Å². The maximum atomic E-state index is 5.77. The van der Waals surface area contributed by atoms with Gasteiger partial charge in [-0.25, -0.2) is 0 Å².